The lowest BCUT2D eigenvalue weighted by Crippen LogP contribution is -2.40. The molecular formula is C35H27ClN2O4S. The first-order valence-corrected chi connectivity index (χ1v) is 15.0. The van der Waals surface area contributed by atoms with Crippen LogP contribution in [0.5, 0.6) is 5.75 Å². The largest absolute Gasteiger partial charge is 0.488 e. The molecule has 0 amide bonds. The van der Waals surface area contributed by atoms with Crippen LogP contribution in [0.2, 0.25) is 5.02 Å². The molecule has 1 aliphatic heterocycles. The van der Waals surface area contributed by atoms with Crippen LogP contribution in [-0.2, 0) is 16.1 Å². The zero-order valence-electron chi connectivity index (χ0n) is 23.3. The molecule has 0 unspecified atom stereocenters. The number of benzene rings is 4. The van der Waals surface area contributed by atoms with Crippen molar-refractivity contribution in [1.29, 1.82) is 0 Å². The Morgan fingerprint density at radius 3 is 2.33 bits per heavy atom. The minimum absolute atomic E-state index is 0.191. The average molecular weight is 607 g/mol. The van der Waals surface area contributed by atoms with Crippen LogP contribution in [-0.4, -0.2) is 17.1 Å². The van der Waals surface area contributed by atoms with E-state index in [1.807, 2.05) is 91.0 Å². The van der Waals surface area contributed by atoms with Crippen molar-refractivity contribution in [3.63, 3.8) is 0 Å². The number of carbonyl (C=O) groups is 1. The van der Waals surface area contributed by atoms with Crippen LogP contribution in [0.4, 0.5) is 0 Å². The van der Waals surface area contributed by atoms with Crippen molar-refractivity contribution in [3.8, 4) is 5.75 Å². The molecule has 0 fully saturated rings. The summed E-state index contributed by atoms with van der Waals surface area (Å²) in [4.78, 5) is 33.1. The zero-order valence-corrected chi connectivity index (χ0v) is 24.8. The lowest BCUT2D eigenvalue weighted by atomic mass is 9.93. The molecule has 2 heterocycles. The first-order chi connectivity index (χ1) is 21.0. The summed E-state index contributed by atoms with van der Waals surface area (Å²) in [7, 11) is 0. The Labute approximate surface area is 257 Å². The van der Waals surface area contributed by atoms with Crippen LogP contribution in [0, 0.1) is 0 Å². The standard InChI is InChI=1S/C35H27ClN2O4S/c1-2-41-34(40)30-31(24-14-8-4-9-15-24)37-35-38(32(30)25-16-10-5-11-17-25)33(39)29(43-35)21-26-20-27(36)18-19-28(26)42-22-23-12-6-3-7-13-23/h3-21,32H,2,22H2,1H3/b29-21-/t32-/m1/s1. The van der Waals surface area contributed by atoms with E-state index < -0.39 is 12.0 Å². The number of ether oxygens (including phenoxy) is 2. The van der Waals surface area contributed by atoms with Crippen molar-refractivity contribution in [2.45, 2.75) is 19.6 Å². The quantitative estimate of drug-likeness (QED) is 0.198. The second-order valence-electron chi connectivity index (χ2n) is 9.80. The van der Waals surface area contributed by atoms with Crippen LogP contribution >= 0.6 is 22.9 Å². The summed E-state index contributed by atoms with van der Waals surface area (Å²) in [6.45, 7) is 2.31. The third-order valence-corrected chi connectivity index (χ3v) is 8.20. The third-order valence-electron chi connectivity index (χ3n) is 6.98. The SMILES string of the molecule is CCOC(=O)C1=C(c2ccccc2)N=c2s/c(=C\c3cc(Cl)ccc3OCc3ccccc3)c(=O)n2[C@@H]1c1ccccc1. The van der Waals surface area contributed by atoms with E-state index >= 15 is 0 Å². The highest BCUT2D eigenvalue weighted by Gasteiger charge is 2.35. The van der Waals surface area contributed by atoms with Crippen molar-refractivity contribution in [3.05, 3.63) is 162 Å². The maximum absolute atomic E-state index is 14.2. The molecule has 43 heavy (non-hydrogen) atoms. The molecule has 5 aromatic rings. The van der Waals surface area contributed by atoms with Crippen molar-refractivity contribution in [2.24, 2.45) is 4.99 Å². The summed E-state index contributed by atoms with van der Waals surface area (Å²) in [5.41, 5.74) is 3.74. The first-order valence-electron chi connectivity index (χ1n) is 13.8. The van der Waals surface area contributed by atoms with Crippen LogP contribution in [0.3, 0.4) is 0 Å². The van der Waals surface area contributed by atoms with E-state index in [1.54, 1.807) is 35.8 Å². The minimum Gasteiger partial charge on any atom is -0.488 e. The number of esters is 1. The Balaban J connectivity index is 1.54. The summed E-state index contributed by atoms with van der Waals surface area (Å²) in [5, 5.41) is 0.518. The van der Waals surface area contributed by atoms with Gasteiger partial charge in [-0.25, -0.2) is 9.79 Å². The van der Waals surface area contributed by atoms with Gasteiger partial charge in [-0.05, 0) is 42.3 Å². The number of hydrogen-bond acceptors (Lipinski definition) is 6. The normalized spacial score (nSPS) is 14.7. The molecule has 1 aromatic heterocycles. The van der Waals surface area contributed by atoms with Gasteiger partial charge < -0.3 is 9.47 Å². The predicted octanol–water partition coefficient (Wildman–Crippen LogP) is 6.17. The van der Waals surface area contributed by atoms with Gasteiger partial charge in [0.1, 0.15) is 12.4 Å². The Morgan fingerprint density at radius 1 is 0.953 bits per heavy atom. The number of halogens is 1. The highest BCUT2D eigenvalue weighted by atomic mass is 35.5. The van der Waals surface area contributed by atoms with Crippen molar-refractivity contribution in [2.75, 3.05) is 6.61 Å². The van der Waals surface area contributed by atoms with Gasteiger partial charge in [0.2, 0.25) is 0 Å². The molecule has 0 aliphatic carbocycles. The lowest BCUT2D eigenvalue weighted by Gasteiger charge is -2.25. The van der Waals surface area contributed by atoms with E-state index in [0.717, 1.165) is 16.7 Å². The number of rotatable bonds is 8. The number of fused-ring (bicyclic) bond motifs is 1. The third kappa shape index (κ3) is 5.95. The van der Waals surface area contributed by atoms with Crippen molar-refractivity contribution < 1.29 is 14.3 Å². The monoisotopic (exact) mass is 606 g/mol. The predicted molar refractivity (Wildman–Crippen MR) is 170 cm³/mol. The van der Waals surface area contributed by atoms with E-state index in [4.69, 9.17) is 26.1 Å². The topological polar surface area (TPSA) is 69.9 Å². The Bertz CT molecular complexity index is 1980. The molecule has 8 heteroatoms. The van der Waals surface area contributed by atoms with E-state index in [-0.39, 0.29) is 12.2 Å². The number of aromatic nitrogens is 1. The van der Waals surface area contributed by atoms with Crippen molar-refractivity contribution in [1.82, 2.24) is 4.57 Å². The van der Waals surface area contributed by atoms with Gasteiger partial charge in [0, 0.05) is 16.1 Å². The maximum atomic E-state index is 14.2. The maximum Gasteiger partial charge on any atom is 0.338 e. The van der Waals surface area contributed by atoms with Crippen molar-refractivity contribution >= 4 is 40.7 Å². The number of nitrogens with zero attached hydrogens (tertiary/aromatic N) is 2. The van der Waals surface area contributed by atoms with Gasteiger partial charge in [-0.1, -0.05) is 114 Å². The zero-order chi connectivity index (χ0) is 29.8. The van der Waals surface area contributed by atoms with Gasteiger partial charge >= 0.3 is 5.97 Å². The fourth-order valence-corrected chi connectivity index (χ4v) is 6.20. The summed E-state index contributed by atoms with van der Waals surface area (Å²) in [6.07, 6.45) is 1.77. The smallest absolute Gasteiger partial charge is 0.338 e. The molecular weight excluding hydrogens is 580 g/mol. The van der Waals surface area contributed by atoms with E-state index in [2.05, 4.69) is 0 Å². The fraction of sp³-hybridized carbons (Fsp3) is 0.114. The molecule has 1 aliphatic rings. The molecule has 0 saturated carbocycles. The Hall–Kier alpha value is -4.72. The second kappa shape index (κ2) is 12.7. The molecule has 0 radical (unpaired) electrons. The molecule has 0 spiro atoms. The van der Waals surface area contributed by atoms with E-state index in [9.17, 15) is 9.59 Å². The highest BCUT2D eigenvalue weighted by Crippen LogP contribution is 2.35. The first kappa shape index (κ1) is 28.4. The Kier molecular flexibility index (Phi) is 8.36. The number of carbonyl (C=O) groups excluding carboxylic acids is 1. The van der Waals surface area contributed by atoms with Gasteiger partial charge in [0.15, 0.2) is 4.80 Å². The van der Waals surface area contributed by atoms with Gasteiger partial charge in [-0.3, -0.25) is 9.36 Å². The lowest BCUT2D eigenvalue weighted by molar-refractivity contribution is -0.138. The number of hydrogen-bond donors (Lipinski definition) is 0. The number of thiazole rings is 1. The van der Waals surface area contributed by atoms with Crippen LogP contribution in [0.1, 0.15) is 35.2 Å². The molecule has 214 valence electrons. The molecule has 6 rings (SSSR count). The fourth-order valence-electron chi connectivity index (χ4n) is 5.03. The molecule has 0 N–H and O–H groups in total. The van der Waals surface area contributed by atoms with Gasteiger partial charge in [-0.15, -0.1) is 0 Å². The molecule has 0 saturated heterocycles. The summed E-state index contributed by atoms with van der Waals surface area (Å²) in [6, 6.07) is 33.4. The molecule has 6 nitrogen and oxygen atoms in total. The van der Waals surface area contributed by atoms with E-state index in [1.165, 1.54) is 11.3 Å². The van der Waals surface area contributed by atoms with Crippen LogP contribution in [0.25, 0.3) is 11.8 Å². The average Bonchev–Trinajstić information content (AvgIpc) is 3.35. The summed E-state index contributed by atoms with van der Waals surface area (Å²) >= 11 is 7.64. The second-order valence-corrected chi connectivity index (χ2v) is 11.2. The van der Waals surface area contributed by atoms with Gasteiger partial charge in [-0.2, -0.15) is 0 Å². The molecule has 4 aromatic carbocycles. The summed E-state index contributed by atoms with van der Waals surface area (Å²) < 4.78 is 13.7. The Morgan fingerprint density at radius 2 is 1.63 bits per heavy atom. The van der Waals surface area contributed by atoms with Gasteiger partial charge in [0.05, 0.1) is 28.5 Å². The van der Waals surface area contributed by atoms with Crippen LogP contribution < -0.4 is 19.6 Å². The summed E-state index contributed by atoms with van der Waals surface area (Å²) in [5.74, 6) is 0.0792. The highest BCUT2D eigenvalue weighted by molar-refractivity contribution is 7.07. The van der Waals surface area contributed by atoms with Crippen LogP contribution in [0.15, 0.2) is 125 Å². The minimum atomic E-state index is -0.734. The molecule has 1 atom stereocenters. The van der Waals surface area contributed by atoms with E-state index in [0.29, 0.717) is 43.5 Å². The molecule has 0 bridgehead atoms. The van der Waals surface area contributed by atoms with Gasteiger partial charge in [0.25, 0.3) is 5.56 Å².